The number of rotatable bonds is 6. The van der Waals surface area contributed by atoms with Crippen LogP contribution >= 0.6 is 11.3 Å². The van der Waals surface area contributed by atoms with Crippen LogP contribution in [0.1, 0.15) is 52.2 Å². The largest absolute Gasteiger partial charge is 0.351 e. The maximum atomic E-state index is 12.1. The molecule has 0 aromatic carbocycles. The van der Waals surface area contributed by atoms with E-state index in [1.54, 1.807) is 11.3 Å². The van der Waals surface area contributed by atoms with E-state index in [4.69, 9.17) is 0 Å². The lowest BCUT2D eigenvalue weighted by Crippen LogP contribution is -2.27. The number of aryl methyl sites for hydroxylation is 2. The van der Waals surface area contributed by atoms with E-state index >= 15 is 0 Å². The summed E-state index contributed by atoms with van der Waals surface area (Å²) in [5, 5.41) is 6.49. The maximum Gasteiger partial charge on any atom is 0.261 e. The highest BCUT2D eigenvalue weighted by Crippen LogP contribution is 2.29. The number of thiophene rings is 1. The first-order valence-electron chi connectivity index (χ1n) is 7.46. The molecule has 1 heterocycles. The second kappa shape index (κ2) is 6.06. The molecule has 104 valence electrons. The SMILES string of the molecule is O=C(NCCCNC1CC1)c1cc2c(s1)CCCC2. The molecular formula is C15H22N2OS. The number of nitrogens with one attached hydrogen (secondary N) is 2. The van der Waals surface area contributed by atoms with Gasteiger partial charge in [-0.1, -0.05) is 0 Å². The zero-order chi connectivity index (χ0) is 13.1. The molecule has 0 spiro atoms. The van der Waals surface area contributed by atoms with Gasteiger partial charge in [0, 0.05) is 17.5 Å². The third-order valence-corrected chi connectivity index (χ3v) is 5.11. The van der Waals surface area contributed by atoms with Gasteiger partial charge in [-0.25, -0.2) is 0 Å². The monoisotopic (exact) mass is 278 g/mol. The maximum absolute atomic E-state index is 12.1. The Bertz CT molecular complexity index is 427. The molecule has 2 aliphatic rings. The number of hydrogen-bond acceptors (Lipinski definition) is 3. The van der Waals surface area contributed by atoms with Crippen molar-refractivity contribution in [2.75, 3.05) is 13.1 Å². The zero-order valence-corrected chi connectivity index (χ0v) is 12.2. The summed E-state index contributed by atoms with van der Waals surface area (Å²) in [6.07, 6.45) is 8.55. The predicted molar refractivity (Wildman–Crippen MR) is 78.9 cm³/mol. The minimum atomic E-state index is 0.117. The summed E-state index contributed by atoms with van der Waals surface area (Å²) in [5.74, 6) is 0.117. The molecule has 0 atom stereocenters. The van der Waals surface area contributed by atoms with Crippen molar-refractivity contribution < 1.29 is 4.79 Å². The second-order valence-corrected chi connectivity index (χ2v) is 6.74. The van der Waals surface area contributed by atoms with Crippen LogP contribution in [0.2, 0.25) is 0 Å². The van der Waals surface area contributed by atoms with E-state index < -0.39 is 0 Å². The molecule has 19 heavy (non-hydrogen) atoms. The summed E-state index contributed by atoms with van der Waals surface area (Å²) in [6.45, 7) is 1.80. The van der Waals surface area contributed by atoms with Crippen molar-refractivity contribution >= 4 is 17.2 Å². The Balaban J connectivity index is 1.42. The van der Waals surface area contributed by atoms with Crippen LogP contribution in [-0.2, 0) is 12.8 Å². The van der Waals surface area contributed by atoms with Gasteiger partial charge in [0.05, 0.1) is 4.88 Å². The number of amides is 1. The first kappa shape index (κ1) is 13.1. The third kappa shape index (κ3) is 3.57. The summed E-state index contributed by atoms with van der Waals surface area (Å²) in [7, 11) is 0. The van der Waals surface area contributed by atoms with Crippen LogP contribution in [0.15, 0.2) is 6.07 Å². The molecule has 0 bridgehead atoms. The molecule has 2 N–H and O–H groups in total. The molecule has 1 fully saturated rings. The Morgan fingerprint density at radius 3 is 2.89 bits per heavy atom. The van der Waals surface area contributed by atoms with Gasteiger partial charge in [-0.2, -0.15) is 0 Å². The molecule has 0 unspecified atom stereocenters. The highest BCUT2D eigenvalue weighted by Gasteiger charge is 2.19. The first-order valence-corrected chi connectivity index (χ1v) is 8.28. The minimum Gasteiger partial charge on any atom is -0.351 e. The van der Waals surface area contributed by atoms with Gasteiger partial charge in [-0.05, 0) is 63.1 Å². The number of carbonyl (C=O) groups excluding carboxylic acids is 1. The van der Waals surface area contributed by atoms with E-state index in [1.807, 2.05) is 0 Å². The van der Waals surface area contributed by atoms with Crippen molar-refractivity contribution in [1.82, 2.24) is 10.6 Å². The van der Waals surface area contributed by atoms with Crippen LogP contribution in [0.4, 0.5) is 0 Å². The Kier molecular flexibility index (Phi) is 4.18. The number of hydrogen-bond donors (Lipinski definition) is 2. The van der Waals surface area contributed by atoms with E-state index in [-0.39, 0.29) is 5.91 Å². The van der Waals surface area contributed by atoms with Crippen molar-refractivity contribution in [3.63, 3.8) is 0 Å². The molecule has 3 rings (SSSR count). The topological polar surface area (TPSA) is 41.1 Å². The molecule has 1 aromatic rings. The highest BCUT2D eigenvalue weighted by molar-refractivity contribution is 7.14. The van der Waals surface area contributed by atoms with Crippen LogP contribution in [0, 0.1) is 0 Å². The standard InChI is InChI=1S/C15H22N2OS/c18-15(17-9-3-8-16-12-6-7-12)14-10-11-4-1-2-5-13(11)19-14/h10,12,16H,1-9H2,(H,17,18). The van der Waals surface area contributed by atoms with E-state index in [1.165, 1.54) is 42.5 Å². The van der Waals surface area contributed by atoms with Crippen molar-refractivity contribution in [3.8, 4) is 0 Å². The van der Waals surface area contributed by atoms with E-state index in [0.29, 0.717) is 0 Å². The first-order chi connectivity index (χ1) is 9.33. The minimum absolute atomic E-state index is 0.117. The van der Waals surface area contributed by atoms with E-state index in [9.17, 15) is 4.79 Å². The summed E-state index contributed by atoms with van der Waals surface area (Å²) in [4.78, 5) is 14.4. The molecule has 4 heteroatoms. The van der Waals surface area contributed by atoms with E-state index in [0.717, 1.165) is 36.9 Å². The van der Waals surface area contributed by atoms with Gasteiger partial charge in [0.25, 0.3) is 5.91 Å². The fourth-order valence-electron chi connectivity index (χ4n) is 2.57. The molecule has 1 aromatic heterocycles. The lowest BCUT2D eigenvalue weighted by molar-refractivity contribution is 0.0957. The van der Waals surface area contributed by atoms with Gasteiger partial charge in [0.2, 0.25) is 0 Å². The highest BCUT2D eigenvalue weighted by atomic mass is 32.1. The van der Waals surface area contributed by atoms with Crippen molar-refractivity contribution in [2.24, 2.45) is 0 Å². The smallest absolute Gasteiger partial charge is 0.261 e. The molecule has 0 aliphatic heterocycles. The van der Waals surface area contributed by atoms with Crippen LogP contribution in [-0.4, -0.2) is 25.0 Å². The molecule has 1 saturated carbocycles. The van der Waals surface area contributed by atoms with E-state index in [2.05, 4.69) is 16.7 Å². The molecule has 0 saturated heterocycles. The third-order valence-electron chi connectivity index (χ3n) is 3.87. The second-order valence-electron chi connectivity index (χ2n) is 5.60. The van der Waals surface area contributed by atoms with Crippen LogP contribution in [0.3, 0.4) is 0 Å². The van der Waals surface area contributed by atoms with Crippen LogP contribution in [0.25, 0.3) is 0 Å². The van der Waals surface area contributed by atoms with Crippen molar-refractivity contribution in [2.45, 2.75) is 51.0 Å². The molecule has 1 amide bonds. The van der Waals surface area contributed by atoms with Crippen molar-refractivity contribution in [3.05, 3.63) is 21.4 Å². The fraction of sp³-hybridized carbons (Fsp3) is 0.667. The van der Waals surface area contributed by atoms with Gasteiger partial charge < -0.3 is 10.6 Å². The van der Waals surface area contributed by atoms with Crippen molar-refractivity contribution in [1.29, 1.82) is 0 Å². The zero-order valence-electron chi connectivity index (χ0n) is 11.3. The Labute approximate surface area is 118 Å². The Morgan fingerprint density at radius 1 is 1.26 bits per heavy atom. The number of carbonyl (C=O) groups is 1. The quantitative estimate of drug-likeness (QED) is 0.785. The van der Waals surface area contributed by atoms with Crippen LogP contribution < -0.4 is 10.6 Å². The molecule has 2 aliphatic carbocycles. The lowest BCUT2D eigenvalue weighted by Gasteiger charge is -2.08. The van der Waals surface area contributed by atoms with Gasteiger partial charge in [-0.3, -0.25) is 4.79 Å². The van der Waals surface area contributed by atoms with Gasteiger partial charge in [0.15, 0.2) is 0 Å². The molecule has 0 radical (unpaired) electrons. The van der Waals surface area contributed by atoms with Gasteiger partial charge >= 0.3 is 0 Å². The average Bonchev–Trinajstić information content (AvgIpc) is 3.14. The number of fused-ring (bicyclic) bond motifs is 1. The summed E-state index contributed by atoms with van der Waals surface area (Å²) < 4.78 is 0. The van der Waals surface area contributed by atoms with Gasteiger partial charge in [0.1, 0.15) is 0 Å². The molecular weight excluding hydrogens is 256 g/mol. The Hall–Kier alpha value is -0.870. The van der Waals surface area contributed by atoms with Gasteiger partial charge in [-0.15, -0.1) is 11.3 Å². The summed E-state index contributed by atoms with van der Waals surface area (Å²) in [6, 6.07) is 2.87. The normalized spacial score (nSPS) is 18.1. The fourth-order valence-corrected chi connectivity index (χ4v) is 3.74. The summed E-state index contributed by atoms with van der Waals surface area (Å²) in [5.41, 5.74) is 1.41. The van der Waals surface area contributed by atoms with Crippen LogP contribution in [0.5, 0.6) is 0 Å². The molecule has 3 nitrogen and oxygen atoms in total. The lowest BCUT2D eigenvalue weighted by atomic mass is 9.99. The average molecular weight is 278 g/mol. The predicted octanol–water partition coefficient (Wildman–Crippen LogP) is 2.50. The Morgan fingerprint density at radius 2 is 2.11 bits per heavy atom. The summed E-state index contributed by atoms with van der Waals surface area (Å²) >= 11 is 1.69.